The fourth-order valence-corrected chi connectivity index (χ4v) is 5.13. The van der Waals surface area contributed by atoms with Crippen LogP contribution in [0.5, 0.6) is 0 Å². The number of rotatable bonds is 13. The predicted octanol–water partition coefficient (Wildman–Crippen LogP) is 6.82. The molecule has 3 heterocycles. The van der Waals surface area contributed by atoms with Crippen LogP contribution < -0.4 is 11.1 Å². The van der Waals surface area contributed by atoms with Gasteiger partial charge in [-0.1, -0.05) is 36.4 Å². The molecule has 0 aliphatic rings. The van der Waals surface area contributed by atoms with Crippen molar-refractivity contribution in [3.8, 4) is 11.1 Å². The van der Waals surface area contributed by atoms with E-state index in [2.05, 4.69) is 20.3 Å². The Hall–Kier alpha value is -4.84. The number of hydrogen-bond acceptors (Lipinski definition) is 7. The Morgan fingerprint density at radius 1 is 0.956 bits per heavy atom. The predicted molar refractivity (Wildman–Crippen MR) is 164 cm³/mol. The first-order valence-corrected chi connectivity index (χ1v) is 14.5. The summed E-state index contributed by atoms with van der Waals surface area (Å²) in [5.74, 6) is -0.421. The Morgan fingerprint density at radius 2 is 1.69 bits per heavy atom. The van der Waals surface area contributed by atoms with E-state index in [-0.39, 0.29) is 36.8 Å². The molecule has 0 unspecified atom stereocenters. The third-order valence-corrected chi connectivity index (χ3v) is 7.51. The summed E-state index contributed by atoms with van der Waals surface area (Å²) in [6.45, 7) is 0.972. The number of anilines is 2. The van der Waals surface area contributed by atoms with Crippen LogP contribution in [0.1, 0.15) is 52.7 Å². The van der Waals surface area contributed by atoms with Gasteiger partial charge in [0, 0.05) is 44.1 Å². The van der Waals surface area contributed by atoms with Gasteiger partial charge in [0.1, 0.15) is 29.4 Å². The number of hydrogen-bond donors (Lipinski definition) is 3. The number of halogens is 4. The number of Topliss-reactive ketones (excluding diaryl/α,β-unsaturated/α-hetero) is 1. The Labute approximate surface area is 257 Å². The third kappa shape index (κ3) is 7.63. The number of aromatic nitrogens is 4. The largest absolute Gasteiger partial charge is 0.417 e. The lowest BCUT2D eigenvalue weighted by molar-refractivity contribution is -0.137. The summed E-state index contributed by atoms with van der Waals surface area (Å²) in [5, 5.41) is 12.9. The van der Waals surface area contributed by atoms with E-state index in [9.17, 15) is 22.4 Å². The molecule has 0 spiro atoms. The number of nitrogen functional groups attached to an aromatic ring is 1. The molecule has 3 aromatic heterocycles. The zero-order chi connectivity index (χ0) is 32.0. The van der Waals surface area contributed by atoms with Gasteiger partial charge in [0.15, 0.2) is 5.78 Å². The number of benzene rings is 2. The molecule has 0 amide bonds. The van der Waals surface area contributed by atoms with E-state index in [0.717, 1.165) is 40.1 Å². The normalized spacial score (nSPS) is 11.7. The van der Waals surface area contributed by atoms with Crippen molar-refractivity contribution in [3.63, 3.8) is 0 Å². The van der Waals surface area contributed by atoms with Crippen molar-refractivity contribution in [1.82, 2.24) is 19.5 Å². The maximum Gasteiger partial charge on any atom is 0.417 e. The molecule has 0 saturated carbocycles. The molecule has 0 atom stereocenters. The molecule has 45 heavy (non-hydrogen) atoms. The molecule has 0 bridgehead atoms. The molecule has 234 valence electrons. The Morgan fingerprint density at radius 3 is 2.40 bits per heavy atom. The number of nitrogens with two attached hydrogens (primary N) is 1. The van der Waals surface area contributed by atoms with Crippen LogP contribution >= 0.6 is 0 Å². The number of carbonyl (C=O) groups is 1. The number of aliphatic hydroxyl groups excluding tert-OH is 1. The molecule has 0 aliphatic carbocycles. The van der Waals surface area contributed by atoms with Crippen LogP contribution in [-0.2, 0) is 25.7 Å². The first-order valence-electron chi connectivity index (χ1n) is 14.5. The molecule has 0 aliphatic heterocycles. The van der Waals surface area contributed by atoms with Gasteiger partial charge in [0.25, 0.3) is 0 Å². The van der Waals surface area contributed by atoms with E-state index in [1.165, 1.54) is 18.5 Å². The van der Waals surface area contributed by atoms with Crippen LogP contribution in [0, 0.1) is 5.82 Å². The lowest BCUT2D eigenvalue weighted by Gasteiger charge is -2.14. The van der Waals surface area contributed by atoms with Gasteiger partial charge in [-0.25, -0.2) is 19.3 Å². The molecular formula is C33H32F4N6O2. The number of pyridine rings is 1. The van der Waals surface area contributed by atoms with Crippen LogP contribution in [0.3, 0.4) is 0 Å². The summed E-state index contributed by atoms with van der Waals surface area (Å²) in [5.41, 5.74) is 9.14. The zero-order valence-corrected chi connectivity index (χ0v) is 24.3. The molecule has 4 N–H and O–H groups in total. The van der Waals surface area contributed by atoms with Gasteiger partial charge < -0.3 is 20.7 Å². The van der Waals surface area contributed by atoms with Crippen molar-refractivity contribution in [2.45, 2.75) is 51.4 Å². The highest BCUT2D eigenvalue weighted by atomic mass is 19.4. The first kappa shape index (κ1) is 31.6. The van der Waals surface area contributed by atoms with Crippen LogP contribution in [0.15, 0.2) is 73.3 Å². The van der Waals surface area contributed by atoms with E-state index >= 15 is 0 Å². The number of nitrogens with zero attached hydrogens (tertiary/aromatic N) is 4. The molecular weight excluding hydrogens is 588 g/mol. The molecule has 0 radical (unpaired) electrons. The molecule has 0 fully saturated rings. The number of alkyl halides is 3. The van der Waals surface area contributed by atoms with Crippen molar-refractivity contribution in [2.75, 3.05) is 17.7 Å². The Kier molecular flexibility index (Phi) is 9.72. The third-order valence-electron chi connectivity index (χ3n) is 7.51. The SMILES string of the molecule is Nc1ncnc2c1c(-c1ccc(CNc3ncc(C(F)(F)F)cc3C(=O)CCCc3ccc(F)cc3)cc1)cn2CCCCO. The van der Waals surface area contributed by atoms with Crippen molar-refractivity contribution < 1.29 is 27.5 Å². The van der Waals surface area contributed by atoms with Crippen molar-refractivity contribution >= 4 is 28.5 Å². The lowest BCUT2D eigenvalue weighted by atomic mass is 10.0. The van der Waals surface area contributed by atoms with Crippen LogP contribution in [-0.4, -0.2) is 37.0 Å². The molecule has 8 nitrogen and oxygen atoms in total. The average Bonchev–Trinajstić information content (AvgIpc) is 3.40. The minimum absolute atomic E-state index is 0.00416. The number of aryl methyl sites for hydroxylation is 2. The minimum Gasteiger partial charge on any atom is -0.396 e. The molecule has 5 rings (SSSR count). The second-order valence-corrected chi connectivity index (χ2v) is 10.7. The highest BCUT2D eigenvalue weighted by Gasteiger charge is 2.32. The summed E-state index contributed by atoms with van der Waals surface area (Å²) in [6.07, 6.45) is 1.73. The van der Waals surface area contributed by atoms with Gasteiger partial charge in [-0.3, -0.25) is 4.79 Å². The van der Waals surface area contributed by atoms with Gasteiger partial charge in [-0.05, 0) is 60.6 Å². The van der Waals surface area contributed by atoms with Crippen LogP contribution in [0.4, 0.5) is 29.2 Å². The summed E-state index contributed by atoms with van der Waals surface area (Å²) < 4.78 is 55.6. The van der Waals surface area contributed by atoms with Gasteiger partial charge in [0.2, 0.25) is 0 Å². The molecule has 2 aromatic carbocycles. The van der Waals surface area contributed by atoms with E-state index < -0.39 is 17.5 Å². The van der Waals surface area contributed by atoms with E-state index in [1.54, 1.807) is 12.1 Å². The number of aliphatic hydroxyl groups is 1. The summed E-state index contributed by atoms with van der Waals surface area (Å²) in [4.78, 5) is 25.6. The van der Waals surface area contributed by atoms with Crippen molar-refractivity contribution in [3.05, 3.63) is 101 Å². The quantitative estimate of drug-likeness (QED) is 0.0751. The molecule has 0 saturated heterocycles. The number of carbonyl (C=O) groups excluding carboxylic acids is 1. The average molecular weight is 621 g/mol. The second-order valence-electron chi connectivity index (χ2n) is 10.7. The number of nitrogens with one attached hydrogen (secondary N) is 1. The smallest absolute Gasteiger partial charge is 0.396 e. The van der Waals surface area contributed by atoms with E-state index in [0.29, 0.717) is 43.5 Å². The second kappa shape index (κ2) is 13.9. The standard InChI is InChI=1S/C33H32F4N6O2/c34-25-12-8-21(9-13-25)4-3-5-28(45)26-16-24(33(35,36)37)18-40-31(26)39-17-22-6-10-23(11-7-22)27-19-43(14-1-2-15-44)32-29(27)30(38)41-20-42-32/h6-13,16,18-20,44H,1-5,14-15,17H2,(H,39,40)(H2,38,41,42). The van der Waals surface area contributed by atoms with E-state index in [1.807, 2.05) is 35.0 Å². The van der Waals surface area contributed by atoms with Gasteiger partial charge in [-0.15, -0.1) is 0 Å². The Balaban J connectivity index is 1.31. The lowest BCUT2D eigenvalue weighted by Crippen LogP contribution is -2.13. The van der Waals surface area contributed by atoms with Gasteiger partial charge >= 0.3 is 6.18 Å². The molecule has 5 aromatic rings. The van der Waals surface area contributed by atoms with Crippen molar-refractivity contribution in [1.29, 1.82) is 0 Å². The van der Waals surface area contributed by atoms with E-state index in [4.69, 9.17) is 10.8 Å². The number of unbranched alkanes of at least 4 members (excludes halogenated alkanes) is 1. The fourth-order valence-electron chi connectivity index (χ4n) is 5.13. The number of fused-ring (bicyclic) bond motifs is 1. The minimum atomic E-state index is -4.65. The topological polar surface area (TPSA) is 119 Å². The maximum atomic E-state index is 13.5. The maximum absolute atomic E-state index is 13.5. The summed E-state index contributed by atoms with van der Waals surface area (Å²) in [7, 11) is 0. The van der Waals surface area contributed by atoms with Crippen LogP contribution in [0.2, 0.25) is 0 Å². The summed E-state index contributed by atoms with van der Waals surface area (Å²) in [6, 6.07) is 14.2. The highest BCUT2D eigenvalue weighted by Crippen LogP contribution is 2.34. The fraction of sp³-hybridized carbons (Fsp3) is 0.273. The first-order chi connectivity index (χ1) is 21.6. The zero-order valence-electron chi connectivity index (χ0n) is 24.3. The number of ketones is 1. The van der Waals surface area contributed by atoms with Gasteiger partial charge in [-0.2, -0.15) is 13.2 Å². The van der Waals surface area contributed by atoms with Gasteiger partial charge in [0.05, 0.1) is 16.5 Å². The van der Waals surface area contributed by atoms with Crippen LogP contribution in [0.25, 0.3) is 22.2 Å². The highest BCUT2D eigenvalue weighted by molar-refractivity contribution is 6.01. The molecule has 12 heteroatoms. The summed E-state index contributed by atoms with van der Waals surface area (Å²) >= 11 is 0. The monoisotopic (exact) mass is 620 g/mol. The Bertz CT molecular complexity index is 1770. The van der Waals surface area contributed by atoms with Crippen molar-refractivity contribution in [2.24, 2.45) is 0 Å².